The Hall–Kier alpha value is -1.30. The summed E-state index contributed by atoms with van der Waals surface area (Å²) in [7, 11) is 7.58. The van der Waals surface area contributed by atoms with Crippen LogP contribution in [0.4, 0.5) is 4.79 Å². The van der Waals surface area contributed by atoms with Crippen molar-refractivity contribution in [1.29, 1.82) is 0 Å². The van der Waals surface area contributed by atoms with Crippen molar-refractivity contribution in [2.24, 2.45) is 11.8 Å². The third-order valence-corrected chi connectivity index (χ3v) is 4.53. The van der Waals surface area contributed by atoms with Crippen molar-refractivity contribution in [1.82, 2.24) is 14.7 Å². The van der Waals surface area contributed by atoms with Gasteiger partial charge in [0.25, 0.3) is 0 Å². The molecule has 0 bridgehead atoms. The standard InChI is InChI=1S/C16H31N3O3/c1-17(2)10-5-11-18(3)15(20)14-8-6-13(7-9-14)12-19(4)16(21)22/h13-14H,5-12H2,1-4H3,(H,21,22). The summed E-state index contributed by atoms with van der Waals surface area (Å²) in [6, 6.07) is 0. The first-order chi connectivity index (χ1) is 10.3. The fourth-order valence-electron chi connectivity index (χ4n) is 3.10. The molecule has 0 saturated heterocycles. The summed E-state index contributed by atoms with van der Waals surface area (Å²) < 4.78 is 0. The predicted octanol–water partition coefficient (Wildman–Crippen LogP) is 1.81. The fourth-order valence-corrected chi connectivity index (χ4v) is 3.10. The molecule has 1 N–H and O–H groups in total. The van der Waals surface area contributed by atoms with E-state index in [0.29, 0.717) is 12.5 Å². The maximum absolute atomic E-state index is 12.4. The molecule has 1 rings (SSSR count). The second-order valence-electron chi connectivity index (χ2n) is 6.80. The molecule has 0 atom stereocenters. The Labute approximate surface area is 134 Å². The van der Waals surface area contributed by atoms with Gasteiger partial charge in [-0.2, -0.15) is 0 Å². The first-order valence-corrected chi connectivity index (χ1v) is 8.15. The van der Waals surface area contributed by atoms with Crippen LogP contribution < -0.4 is 0 Å². The first-order valence-electron chi connectivity index (χ1n) is 8.15. The first kappa shape index (κ1) is 18.7. The largest absolute Gasteiger partial charge is 0.465 e. The summed E-state index contributed by atoms with van der Waals surface area (Å²) >= 11 is 0. The van der Waals surface area contributed by atoms with E-state index in [1.165, 1.54) is 4.90 Å². The lowest BCUT2D eigenvalue weighted by molar-refractivity contribution is -0.135. The normalized spacial score (nSPS) is 21.7. The van der Waals surface area contributed by atoms with Crippen molar-refractivity contribution in [3.63, 3.8) is 0 Å². The molecule has 128 valence electrons. The molecule has 6 nitrogen and oxygen atoms in total. The lowest BCUT2D eigenvalue weighted by Gasteiger charge is -2.32. The van der Waals surface area contributed by atoms with E-state index in [9.17, 15) is 9.59 Å². The molecule has 0 aliphatic heterocycles. The second kappa shape index (κ2) is 8.98. The van der Waals surface area contributed by atoms with Crippen LogP contribution in [0.1, 0.15) is 32.1 Å². The molecule has 0 spiro atoms. The van der Waals surface area contributed by atoms with Gasteiger partial charge in [0.1, 0.15) is 0 Å². The van der Waals surface area contributed by atoms with Crippen molar-refractivity contribution in [3.05, 3.63) is 0 Å². The van der Waals surface area contributed by atoms with Gasteiger partial charge in [0.15, 0.2) is 0 Å². The SMILES string of the molecule is CN(C)CCCN(C)C(=O)C1CCC(CN(C)C(=O)O)CC1. The van der Waals surface area contributed by atoms with E-state index < -0.39 is 6.09 Å². The molecule has 1 fully saturated rings. The average molecular weight is 313 g/mol. The molecule has 0 aromatic heterocycles. The van der Waals surface area contributed by atoms with Gasteiger partial charge in [-0.05, 0) is 58.7 Å². The van der Waals surface area contributed by atoms with Crippen LogP contribution in [-0.4, -0.2) is 79.6 Å². The molecule has 1 aliphatic carbocycles. The maximum atomic E-state index is 12.4. The number of carboxylic acid groups (broad SMARTS) is 1. The summed E-state index contributed by atoms with van der Waals surface area (Å²) in [6.45, 7) is 2.37. The third kappa shape index (κ3) is 6.22. The van der Waals surface area contributed by atoms with Crippen molar-refractivity contribution < 1.29 is 14.7 Å². The Morgan fingerprint density at radius 2 is 1.55 bits per heavy atom. The van der Waals surface area contributed by atoms with Crippen LogP contribution in [-0.2, 0) is 4.79 Å². The van der Waals surface area contributed by atoms with E-state index in [-0.39, 0.29) is 11.8 Å². The Balaban J connectivity index is 2.31. The van der Waals surface area contributed by atoms with E-state index in [2.05, 4.69) is 4.90 Å². The Morgan fingerprint density at radius 3 is 2.05 bits per heavy atom. The van der Waals surface area contributed by atoms with E-state index in [1.54, 1.807) is 7.05 Å². The number of hydrogen-bond donors (Lipinski definition) is 1. The van der Waals surface area contributed by atoms with Gasteiger partial charge in [0, 0.05) is 33.1 Å². The van der Waals surface area contributed by atoms with E-state index >= 15 is 0 Å². The number of hydrogen-bond acceptors (Lipinski definition) is 3. The summed E-state index contributed by atoms with van der Waals surface area (Å²) in [5.41, 5.74) is 0. The molecule has 2 amide bonds. The lowest BCUT2D eigenvalue weighted by Crippen LogP contribution is -2.38. The quantitative estimate of drug-likeness (QED) is 0.778. The molecule has 22 heavy (non-hydrogen) atoms. The predicted molar refractivity (Wildman–Crippen MR) is 86.9 cm³/mol. The minimum Gasteiger partial charge on any atom is -0.465 e. The number of rotatable bonds is 7. The van der Waals surface area contributed by atoms with Crippen molar-refractivity contribution >= 4 is 12.0 Å². The summed E-state index contributed by atoms with van der Waals surface area (Å²) in [4.78, 5) is 28.6. The van der Waals surface area contributed by atoms with Crippen LogP contribution in [0.2, 0.25) is 0 Å². The van der Waals surface area contributed by atoms with Gasteiger partial charge in [-0.25, -0.2) is 4.79 Å². The van der Waals surface area contributed by atoms with Gasteiger partial charge in [0.2, 0.25) is 5.91 Å². The van der Waals surface area contributed by atoms with Gasteiger partial charge in [-0.3, -0.25) is 4.79 Å². The smallest absolute Gasteiger partial charge is 0.407 e. The Bertz CT molecular complexity index is 366. The van der Waals surface area contributed by atoms with Gasteiger partial charge >= 0.3 is 6.09 Å². The van der Waals surface area contributed by atoms with Gasteiger partial charge in [0.05, 0.1) is 0 Å². The van der Waals surface area contributed by atoms with E-state index in [1.807, 2.05) is 26.0 Å². The van der Waals surface area contributed by atoms with Crippen molar-refractivity contribution in [2.75, 3.05) is 47.8 Å². The molecule has 0 aromatic carbocycles. The molecular formula is C16H31N3O3. The van der Waals surface area contributed by atoms with Crippen LogP contribution in [0.5, 0.6) is 0 Å². The zero-order valence-electron chi connectivity index (χ0n) is 14.4. The maximum Gasteiger partial charge on any atom is 0.407 e. The van der Waals surface area contributed by atoms with Crippen LogP contribution in [0.25, 0.3) is 0 Å². The Kier molecular flexibility index (Phi) is 7.65. The van der Waals surface area contributed by atoms with E-state index in [0.717, 1.165) is 45.2 Å². The molecular weight excluding hydrogens is 282 g/mol. The van der Waals surface area contributed by atoms with Gasteiger partial charge < -0.3 is 19.8 Å². The highest BCUT2D eigenvalue weighted by Crippen LogP contribution is 2.30. The molecule has 1 aliphatic rings. The third-order valence-electron chi connectivity index (χ3n) is 4.53. The monoisotopic (exact) mass is 313 g/mol. The molecule has 0 radical (unpaired) electrons. The zero-order chi connectivity index (χ0) is 16.7. The minimum atomic E-state index is -0.876. The highest BCUT2D eigenvalue weighted by Gasteiger charge is 2.29. The van der Waals surface area contributed by atoms with Crippen LogP contribution in [0.15, 0.2) is 0 Å². The lowest BCUT2D eigenvalue weighted by atomic mass is 9.81. The van der Waals surface area contributed by atoms with Crippen LogP contribution >= 0.6 is 0 Å². The van der Waals surface area contributed by atoms with Gasteiger partial charge in [-0.1, -0.05) is 0 Å². The molecule has 1 saturated carbocycles. The van der Waals surface area contributed by atoms with Gasteiger partial charge in [-0.15, -0.1) is 0 Å². The highest BCUT2D eigenvalue weighted by atomic mass is 16.4. The second-order valence-corrected chi connectivity index (χ2v) is 6.80. The summed E-state index contributed by atoms with van der Waals surface area (Å²) in [6.07, 6.45) is 3.77. The van der Waals surface area contributed by atoms with E-state index in [4.69, 9.17) is 5.11 Å². The van der Waals surface area contributed by atoms with Crippen molar-refractivity contribution in [3.8, 4) is 0 Å². The zero-order valence-corrected chi connectivity index (χ0v) is 14.4. The number of nitrogens with zero attached hydrogens (tertiary/aromatic N) is 3. The average Bonchev–Trinajstić information content (AvgIpc) is 2.46. The van der Waals surface area contributed by atoms with Crippen molar-refractivity contribution in [2.45, 2.75) is 32.1 Å². The number of carbonyl (C=O) groups is 2. The number of carbonyl (C=O) groups excluding carboxylic acids is 1. The summed E-state index contributed by atoms with van der Waals surface area (Å²) in [5.74, 6) is 0.767. The molecule has 0 aromatic rings. The van der Waals surface area contributed by atoms with Crippen LogP contribution in [0, 0.1) is 11.8 Å². The molecule has 0 unspecified atom stereocenters. The Morgan fingerprint density at radius 1 is 0.955 bits per heavy atom. The molecule has 6 heteroatoms. The minimum absolute atomic E-state index is 0.121. The highest BCUT2D eigenvalue weighted by molar-refractivity contribution is 5.78. The molecule has 0 heterocycles. The topological polar surface area (TPSA) is 64.1 Å². The summed E-state index contributed by atoms with van der Waals surface area (Å²) in [5, 5.41) is 8.91. The van der Waals surface area contributed by atoms with Crippen LogP contribution in [0.3, 0.4) is 0 Å². The number of amides is 2. The fraction of sp³-hybridized carbons (Fsp3) is 0.875.